The van der Waals surface area contributed by atoms with Gasteiger partial charge in [0.1, 0.15) is 41.4 Å². The van der Waals surface area contributed by atoms with E-state index in [0.29, 0.717) is 24.9 Å². The van der Waals surface area contributed by atoms with Crippen molar-refractivity contribution in [2.24, 2.45) is 5.73 Å². The largest absolute Gasteiger partial charge is 0.507 e. The lowest BCUT2D eigenvalue weighted by atomic mass is 9.93. The maximum atomic E-state index is 14.4. The maximum Gasteiger partial charge on any atom is 0.326 e. The first kappa shape index (κ1) is 52.0. The molecule has 0 saturated heterocycles. The van der Waals surface area contributed by atoms with Crippen molar-refractivity contribution >= 4 is 35.5 Å². The zero-order valence-electron chi connectivity index (χ0n) is 39.2. The molecule has 4 bridgehead atoms. The van der Waals surface area contributed by atoms with E-state index in [2.05, 4.69) is 40.3 Å². The van der Waals surface area contributed by atoms with E-state index in [1.54, 1.807) is 6.07 Å². The first-order valence-corrected chi connectivity index (χ1v) is 23.6. The van der Waals surface area contributed by atoms with E-state index in [1.807, 2.05) is 12.1 Å². The Balaban J connectivity index is 1.26. The Hall–Kier alpha value is -6.94. The van der Waals surface area contributed by atoms with Crippen LogP contribution in [0.3, 0.4) is 0 Å². The van der Waals surface area contributed by atoms with Gasteiger partial charge in [-0.15, -0.1) is 0 Å². The molecule has 0 aliphatic carbocycles. The number of hydrogen-bond donors (Lipinski definition) is 9. The number of carboxylic acids is 1. The summed E-state index contributed by atoms with van der Waals surface area (Å²) < 4.78 is 0. The number of aromatic hydroxyl groups is 3. The van der Waals surface area contributed by atoms with Gasteiger partial charge in [0.05, 0.1) is 5.56 Å². The van der Waals surface area contributed by atoms with Crippen molar-refractivity contribution in [2.75, 3.05) is 20.1 Å². The van der Waals surface area contributed by atoms with Gasteiger partial charge >= 0.3 is 5.97 Å². The number of unbranched alkanes of at least 4 members (excludes halogenated alkanes) is 7. The van der Waals surface area contributed by atoms with Crippen LogP contribution in [0.4, 0.5) is 0 Å². The van der Waals surface area contributed by atoms with Crippen LogP contribution in [-0.4, -0.2) is 99.1 Å². The molecule has 0 spiro atoms. The van der Waals surface area contributed by atoms with Crippen LogP contribution in [-0.2, 0) is 36.8 Å². The predicted molar refractivity (Wildman–Crippen MR) is 259 cm³/mol. The molecule has 16 nitrogen and oxygen atoms in total. The first-order chi connectivity index (χ1) is 32.6. The summed E-state index contributed by atoms with van der Waals surface area (Å²) >= 11 is 0. The van der Waals surface area contributed by atoms with Crippen molar-refractivity contribution in [3.63, 3.8) is 0 Å². The summed E-state index contributed by atoms with van der Waals surface area (Å²) in [4.78, 5) is 81.7. The lowest BCUT2D eigenvalue weighted by Crippen LogP contribution is -2.54. The second-order valence-electron chi connectivity index (χ2n) is 17.5. The molecule has 1 aliphatic rings. The number of benzene rings is 4. The number of nitrogens with one attached hydrogen (secondary N) is 4. The zero-order valence-corrected chi connectivity index (χ0v) is 39.2. The van der Waals surface area contributed by atoms with Crippen LogP contribution in [0.5, 0.6) is 17.2 Å². The number of nitrogens with zero attached hydrogens (tertiary/aromatic N) is 1. The van der Waals surface area contributed by atoms with Gasteiger partial charge in [0.25, 0.3) is 5.91 Å². The van der Waals surface area contributed by atoms with Gasteiger partial charge in [-0.05, 0) is 110 Å². The quantitative estimate of drug-likeness (QED) is 0.0438. The molecule has 4 aromatic rings. The summed E-state index contributed by atoms with van der Waals surface area (Å²) in [6.45, 7) is 3.76. The third-order valence-electron chi connectivity index (χ3n) is 12.3. The Bertz CT molecular complexity index is 2410. The molecule has 16 heteroatoms. The molecule has 0 radical (unpaired) electrons. The molecule has 0 aromatic heterocycles. The second kappa shape index (κ2) is 25.3. The Morgan fingerprint density at radius 3 is 2.10 bits per heavy atom. The highest BCUT2D eigenvalue weighted by Crippen LogP contribution is 2.39. The highest BCUT2D eigenvalue weighted by Gasteiger charge is 2.36. The highest BCUT2D eigenvalue weighted by molar-refractivity contribution is 5.98. The Morgan fingerprint density at radius 1 is 0.765 bits per heavy atom. The highest BCUT2D eigenvalue weighted by atomic mass is 16.4. The smallest absolute Gasteiger partial charge is 0.326 e. The molecule has 364 valence electrons. The number of fused-ring (bicyclic) bond motifs is 5. The molecule has 4 aromatic carbocycles. The number of rotatable bonds is 21. The number of carbonyl (C=O) groups is 6. The van der Waals surface area contributed by atoms with E-state index in [0.717, 1.165) is 28.9 Å². The van der Waals surface area contributed by atoms with E-state index in [-0.39, 0.29) is 65.3 Å². The molecule has 1 aliphatic heterocycles. The Morgan fingerprint density at radius 2 is 1.43 bits per heavy atom. The minimum absolute atomic E-state index is 0.0245. The van der Waals surface area contributed by atoms with Gasteiger partial charge in [-0.2, -0.15) is 0 Å². The van der Waals surface area contributed by atoms with Crippen LogP contribution < -0.4 is 27.0 Å². The summed E-state index contributed by atoms with van der Waals surface area (Å²) in [5.74, 6) is -5.62. The molecule has 1 heterocycles. The van der Waals surface area contributed by atoms with Crippen molar-refractivity contribution in [3.05, 3.63) is 101 Å². The van der Waals surface area contributed by atoms with Crippen molar-refractivity contribution in [1.82, 2.24) is 26.2 Å². The number of carbonyl (C=O) groups excluding carboxylic acids is 5. The number of likely N-dealkylation sites (N-methyl/N-ethyl adjacent to an activating group) is 1. The fraction of sp³-hybridized carbons (Fsp3) is 0.423. The molecular weight excluding hydrogens is 869 g/mol. The molecule has 0 fully saturated rings. The van der Waals surface area contributed by atoms with Crippen molar-refractivity contribution < 1.29 is 49.2 Å². The van der Waals surface area contributed by atoms with Crippen molar-refractivity contribution in [1.29, 1.82) is 0 Å². The van der Waals surface area contributed by atoms with Crippen molar-refractivity contribution in [2.45, 2.75) is 121 Å². The van der Waals surface area contributed by atoms with Gasteiger partial charge in [0.2, 0.25) is 23.6 Å². The average Bonchev–Trinajstić information content (AvgIpc) is 3.31. The third kappa shape index (κ3) is 14.3. The van der Waals surface area contributed by atoms with Gasteiger partial charge in [0.15, 0.2) is 0 Å². The van der Waals surface area contributed by atoms with Crippen LogP contribution in [0.2, 0.25) is 0 Å². The second-order valence-corrected chi connectivity index (χ2v) is 17.5. The van der Waals surface area contributed by atoms with Crippen LogP contribution in [0.25, 0.3) is 22.3 Å². The minimum atomic E-state index is -1.47. The molecule has 10 N–H and O–H groups in total. The van der Waals surface area contributed by atoms with Crippen LogP contribution >= 0.6 is 0 Å². The van der Waals surface area contributed by atoms with E-state index >= 15 is 0 Å². The van der Waals surface area contributed by atoms with Gasteiger partial charge < -0.3 is 52.3 Å². The minimum Gasteiger partial charge on any atom is -0.507 e. The van der Waals surface area contributed by atoms with Crippen LogP contribution in [0, 0.1) is 0 Å². The normalized spacial score (nSPS) is 16.4. The van der Waals surface area contributed by atoms with E-state index < -0.39 is 59.7 Å². The summed E-state index contributed by atoms with van der Waals surface area (Å²) in [6.07, 6.45) is 10.4. The molecule has 4 atom stereocenters. The van der Waals surface area contributed by atoms with Gasteiger partial charge in [0, 0.05) is 37.6 Å². The first-order valence-electron chi connectivity index (χ1n) is 23.6. The standard InChI is InChI=1S/C52H66N6O10/c1-4-5-6-7-8-9-10-13-33-15-18-35(19-16-33)36-20-22-38(45(61)31-36)49(64)54-27-25-46(62)56-41(14-11-12-26-53)51(66)58(3)47-37-21-24-44(60)40(30-37)39-28-34(17-23-43(39)59)29-42(52(67)68)57-48(63)32(2)55-50(47)65/h15-24,28,30-32,41-42,47,59-61H,4-14,25-27,29,53H2,1-3H3,(H,54,64)(H,55,65)(H,56,62)(H,57,63)(H,67,68)/t32-,41-,42-,47-/m0/s1. The number of nitrogens with two attached hydrogens (primary N) is 1. The number of phenolic OH excluding ortho intramolecular Hbond substituents is 3. The topological polar surface area (TPSA) is 261 Å². The van der Waals surface area contributed by atoms with E-state index in [9.17, 15) is 49.2 Å². The lowest BCUT2D eigenvalue weighted by Gasteiger charge is -2.32. The maximum absolute atomic E-state index is 14.4. The summed E-state index contributed by atoms with van der Waals surface area (Å²) in [7, 11) is 1.35. The fourth-order valence-corrected chi connectivity index (χ4v) is 8.33. The molecule has 0 saturated carbocycles. The summed E-state index contributed by atoms with van der Waals surface area (Å²) in [6, 6.07) is 16.1. The van der Waals surface area contributed by atoms with Crippen LogP contribution in [0.1, 0.15) is 118 Å². The van der Waals surface area contributed by atoms with Gasteiger partial charge in [-0.3, -0.25) is 24.0 Å². The summed E-state index contributed by atoms with van der Waals surface area (Å²) in [5, 5.41) is 53.0. The molecule has 68 heavy (non-hydrogen) atoms. The molecule has 0 unspecified atom stereocenters. The number of hydrogen-bond acceptors (Lipinski definition) is 10. The van der Waals surface area contributed by atoms with Gasteiger partial charge in [-0.1, -0.05) is 87.9 Å². The lowest BCUT2D eigenvalue weighted by molar-refractivity contribution is -0.144. The number of amides is 5. The van der Waals surface area contributed by atoms with E-state index in [1.165, 1.54) is 107 Å². The fourth-order valence-electron chi connectivity index (χ4n) is 8.33. The SMILES string of the molecule is CCCCCCCCCc1ccc(-c2ccc(C(=O)NCCC(=O)N[C@@H](CCCCN)C(=O)N(C)[C@@H]3C(=O)N[C@@H](C)C(=O)N[C@H](C(=O)O)Cc4ccc(O)c(c4)-c4cc3ccc4O)c(O)c2)cc1. The molecular formula is C52H66N6O10. The number of aliphatic carboxylic acids is 1. The van der Waals surface area contributed by atoms with E-state index in [4.69, 9.17) is 5.73 Å². The monoisotopic (exact) mass is 934 g/mol. The number of aryl methyl sites for hydroxylation is 1. The van der Waals surface area contributed by atoms with Crippen LogP contribution in [0.15, 0.2) is 78.9 Å². The van der Waals surface area contributed by atoms with Gasteiger partial charge in [-0.25, -0.2) is 4.79 Å². The predicted octanol–water partition coefficient (Wildman–Crippen LogP) is 5.99. The average molecular weight is 935 g/mol. The Labute approximate surface area is 397 Å². The third-order valence-corrected chi connectivity index (χ3v) is 12.3. The Kier molecular flexibility index (Phi) is 19.3. The number of carboxylic acid groups (broad SMARTS) is 1. The van der Waals surface area contributed by atoms with Crippen molar-refractivity contribution in [3.8, 4) is 39.5 Å². The molecule has 5 rings (SSSR count). The number of phenols is 3. The summed E-state index contributed by atoms with van der Waals surface area (Å²) in [5.41, 5.74) is 9.45. The molecule has 5 amide bonds. The zero-order chi connectivity index (χ0) is 49.3.